The number of amides is 1. The molecule has 30 heavy (non-hydrogen) atoms. The van der Waals surface area contributed by atoms with E-state index in [0.29, 0.717) is 33.6 Å². The molecule has 5 N–H and O–H groups in total. The highest BCUT2D eigenvalue weighted by Crippen LogP contribution is 2.46. The van der Waals surface area contributed by atoms with E-state index in [1.165, 1.54) is 0 Å². The molecule has 2 heterocycles. The molecule has 2 aromatic heterocycles. The van der Waals surface area contributed by atoms with Gasteiger partial charge >= 0.3 is 0 Å². The largest absolute Gasteiger partial charge is 0.495 e. The number of ether oxygens (including phenoxy) is 1. The molecule has 154 valence electrons. The second kappa shape index (κ2) is 7.21. The van der Waals surface area contributed by atoms with Crippen molar-refractivity contribution in [2.75, 3.05) is 17.7 Å². The van der Waals surface area contributed by atoms with Crippen molar-refractivity contribution >= 4 is 46.0 Å². The summed E-state index contributed by atoms with van der Waals surface area (Å²) in [5, 5.41) is 7.14. The maximum atomic E-state index is 12.1. The van der Waals surface area contributed by atoms with Gasteiger partial charge in [0.2, 0.25) is 11.9 Å². The molecule has 0 saturated heterocycles. The number of benzene rings is 1. The molecule has 1 aromatic carbocycles. The fraction of sp³-hybridized carbons (Fsp3) is 0.286. The Bertz CT molecular complexity index is 1160. The monoisotopic (exact) mass is 424 g/mol. The second-order valence-electron chi connectivity index (χ2n) is 7.64. The first-order valence-electron chi connectivity index (χ1n) is 9.73. The smallest absolute Gasteiger partial charge is 0.223 e. The van der Waals surface area contributed by atoms with E-state index < -0.39 is 0 Å². The first-order valence-corrected chi connectivity index (χ1v) is 10.1. The number of pyridine rings is 1. The van der Waals surface area contributed by atoms with Crippen LogP contribution in [0.15, 0.2) is 42.6 Å². The van der Waals surface area contributed by atoms with E-state index in [4.69, 9.17) is 22.1 Å². The summed E-state index contributed by atoms with van der Waals surface area (Å²) < 4.78 is 5.38. The molecule has 1 amide bonds. The number of nitrogens with one attached hydrogen (secondary N) is 3. The van der Waals surface area contributed by atoms with Crippen molar-refractivity contribution in [2.24, 2.45) is 23.5 Å². The molecule has 2 bridgehead atoms. The molecular formula is C21H21ClN6O2. The number of halogens is 1. The Hall–Kier alpha value is -3.26. The number of aromatic nitrogens is 3. The molecule has 4 unspecified atom stereocenters. The highest BCUT2D eigenvalue weighted by molar-refractivity contribution is 6.34. The molecular weight excluding hydrogens is 404 g/mol. The average molecular weight is 425 g/mol. The molecule has 3 aromatic rings. The van der Waals surface area contributed by atoms with Crippen LogP contribution < -0.4 is 21.1 Å². The molecule has 2 aliphatic rings. The number of allylic oxidation sites excluding steroid dienone is 1. The number of rotatable bonds is 6. The zero-order valence-corrected chi connectivity index (χ0v) is 17.0. The summed E-state index contributed by atoms with van der Waals surface area (Å²) in [7, 11) is 1.61. The maximum absolute atomic E-state index is 12.1. The number of nitrogens with zero attached hydrogens (tertiary/aromatic N) is 2. The molecule has 0 spiro atoms. The van der Waals surface area contributed by atoms with Crippen LogP contribution in [-0.4, -0.2) is 34.0 Å². The van der Waals surface area contributed by atoms with Crippen LogP contribution in [0.25, 0.3) is 11.2 Å². The van der Waals surface area contributed by atoms with Crippen LogP contribution in [0.3, 0.4) is 0 Å². The van der Waals surface area contributed by atoms with Crippen LogP contribution in [0.1, 0.15) is 6.42 Å². The molecule has 9 heteroatoms. The predicted molar refractivity (Wildman–Crippen MR) is 116 cm³/mol. The lowest BCUT2D eigenvalue weighted by molar-refractivity contribution is -0.122. The van der Waals surface area contributed by atoms with Gasteiger partial charge in [-0.05, 0) is 30.4 Å². The van der Waals surface area contributed by atoms with Crippen molar-refractivity contribution in [2.45, 2.75) is 12.5 Å². The zero-order valence-electron chi connectivity index (χ0n) is 16.2. The molecule has 0 aliphatic heterocycles. The average Bonchev–Trinajstić information content (AvgIpc) is 3.44. The number of methoxy groups -OCH3 is 1. The van der Waals surface area contributed by atoms with Crippen molar-refractivity contribution < 1.29 is 9.53 Å². The number of imidazole rings is 1. The lowest BCUT2D eigenvalue weighted by atomic mass is 9.88. The number of primary amides is 1. The molecule has 1 saturated carbocycles. The molecule has 5 rings (SSSR count). The Labute approximate surface area is 177 Å². The summed E-state index contributed by atoms with van der Waals surface area (Å²) in [6.45, 7) is 0. The molecule has 4 atom stereocenters. The Morgan fingerprint density at radius 3 is 2.90 bits per heavy atom. The van der Waals surface area contributed by atoms with Crippen LogP contribution in [0.5, 0.6) is 5.75 Å². The fourth-order valence-electron chi connectivity index (χ4n) is 4.58. The number of para-hydroxylation sites is 2. The van der Waals surface area contributed by atoms with Gasteiger partial charge in [0.05, 0.1) is 35.6 Å². The molecule has 2 aliphatic carbocycles. The van der Waals surface area contributed by atoms with Gasteiger partial charge in [-0.3, -0.25) is 4.79 Å². The van der Waals surface area contributed by atoms with Crippen LogP contribution in [0, 0.1) is 17.8 Å². The number of aromatic amines is 1. The minimum atomic E-state index is -0.297. The summed E-state index contributed by atoms with van der Waals surface area (Å²) in [5.41, 5.74) is 8.30. The van der Waals surface area contributed by atoms with Gasteiger partial charge in [0.25, 0.3) is 0 Å². The van der Waals surface area contributed by atoms with Gasteiger partial charge in [0, 0.05) is 6.04 Å². The number of hydrogen-bond acceptors (Lipinski definition) is 6. The van der Waals surface area contributed by atoms with E-state index >= 15 is 0 Å². The van der Waals surface area contributed by atoms with Gasteiger partial charge in [-0.15, -0.1) is 0 Å². The summed E-state index contributed by atoms with van der Waals surface area (Å²) >= 11 is 6.48. The first kappa shape index (κ1) is 18.7. The standard InChI is InChI=1S/C21H21ClN6O2/c1-30-14-5-3-2-4-13(14)25-21-27-18-17(12(22)9-24-20(18)28-21)26-16-11-7-6-10(8-11)15(16)19(23)29/h2-7,9-11,15-16H,8H2,1H3,(H2,23,29)(H3,24,25,26,27,28). The van der Waals surface area contributed by atoms with E-state index in [1.807, 2.05) is 24.3 Å². The first-order chi connectivity index (χ1) is 14.5. The third-order valence-electron chi connectivity index (χ3n) is 5.93. The molecule has 0 radical (unpaired) electrons. The van der Waals surface area contributed by atoms with Crippen LogP contribution in [0.4, 0.5) is 17.3 Å². The topological polar surface area (TPSA) is 118 Å². The lowest BCUT2D eigenvalue weighted by Crippen LogP contribution is -2.41. The van der Waals surface area contributed by atoms with Gasteiger partial charge in [-0.25, -0.2) is 4.98 Å². The van der Waals surface area contributed by atoms with Gasteiger partial charge in [-0.1, -0.05) is 35.9 Å². The van der Waals surface area contributed by atoms with Gasteiger partial charge in [-0.2, -0.15) is 4.98 Å². The fourth-order valence-corrected chi connectivity index (χ4v) is 4.78. The Morgan fingerprint density at radius 1 is 1.30 bits per heavy atom. The predicted octanol–water partition coefficient (Wildman–Crippen LogP) is 3.45. The molecule has 1 fully saturated rings. The van der Waals surface area contributed by atoms with Crippen molar-refractivity contribution in [1.82, 2.24) is 15.0 Å². The van der Waals surface area contributed by atoms with E-state index in [0.717, 1.165) is 12.1 Å². The summed E-state index contributed by atoms with van der Waals surface area (Å²) in [4.78, 5) is 24.2. The lowest BCUT2D eigenvalue weighted by Gasteiger charge is -2.28. The number of carbonyl (C=O) groups excluding carboxylic acids is 1. The quantitative estimate of drug-likeness (QED) is 0.450. The highest BCUT2D eigenvalue weighted by atomic mass is 35.5. The Morgan fingerprint density at radius 2 is 2.10 bits per heavy atom. The Balaban J connectivity index is 1.49. The third-order valence-corrected chi connectivity index (χ3v) is 6.22. The van der Waals surface area contributed by atoms with Crippen molar-refractivity contribution in [3.63, 3.8) is 0 Å². The minimum absolute atomic E-state index is 0.116. The zero-order chi connectivity index (χ0) is 20.8. The van der Waals surface area contributed by atoms with E-state index in [9.17, 15) is 4.79 Å². The second-order valence-corrected chi connectivity index (χ2v) is 8.04. The number of H-pyrrole nitrogens is 1. The van der Waals surface area contributed by atoms with Crippen LogP contribution in [-0.2, 0) is 4.79 Å². The van der Waals surface area contributed by atoms with Crippen molar-refractivity contribution in [3.05, 3.63) is 47.6 Å². The number of anilines is 3. The van der Waals surface area contributed by atoms with Crippen molar-refractivity contribution in [3.8, 4) is 5.75 Å². The van der Waals surface area contributed by atoms with E-state index in [-0.39, 0.29) is 29.7 Å². The van der Waals surface area contributed by atoms with Gasteiger partial charge in [0.15, 0.2) is 5.65 Å². The number of fused-ring (bicyclic) bond motifs is 3. The van der Waals surface area contributed by atoms with Crippen molar-refractivity contribution in [1.29, 1.82) is 0 Å². The summed E-state index contributed by atoms with van der Waals surface area (Å²) in [6, 6.07) is 7.44. The highest BCUT2D eigenvalue weighted by Gasteiger charge is 2.47. The number of hydrogen-bond donors (Lipinski definition) is 4. The SMILES string of the molecule is COc1ccccc1Nc1nc2ncc(Cl)c(NC3C4C=CC(C4)C3C(N)=O)c2[nH]1. The van der Waals surface area contributed by atoms with Gasteiger partial charge < -0.3 is 26.1 Å². The van der Waals surface area contributed by atoms with Gasteiger partial charge in [0.1, 0.15) is 11.3 Å². The minimum Gasteiger partial charge on any atom is -0.495 e. The third kappa shape index (κ3) is 3.04. The maximum Gasteiger partial charge on any atom is 0.223 e. The number of carbonyl (C=O) groups is 1. The van der Waals surface area contributed by atoms with E-state index in [2.05, 4.69) is 37.7 Å². The normalized spacial score (nSPS) is 24.3. The number of nitrogens with two attached hydrogens (primary N) is 1. The van der Waals surface area contributed by atoms with Crippen LogP contribution >= 0.6 is 11.6 Å². The Kier molecular flexibility index (Phi) is 4.51. The summed E-state index contributed by atoms with van der Waals surface area (Å²) in [5.74, 6) is 1.04. The van der Waals surface area contributed by atoms with Crippen LogP contribution in [0.2, 0.25) is 5.02 Å². The van der Waals surface area contributed by atoms with E-state index in [1.54, 1.807) is 13.3 Å². The molecule has 8 nitrogen and oxygen atoms in total. The summed E-state index contributed by atoms with van der Waals surface area (Å²) in [6.07, 6.45) is 6.71.